The summed E-state index contributed by atoms with van der Waals surface area (Å²) >= 11 is 0. The molecule has 19 rings (SSSR count). The molecule has 0 saturated carbocycles. The number of benzene rings is 19. The van der Waals surface area contributed by atoms with Gasteiger partial charge in [0.2, 0.25) is 0 Å². The standard InChI is InChI=1S/C20H16.3C18H14.C16H14.9C2H6/c1-13-11-19-18-10-6-4-8-16(18)14(2)12-20(19)17-9-5-3-7-15(13)17;1-11-9-13-5-4-8-16-12(2)10-14-6-3-7-15(11)17(14)18(13)16;1-11-7-13-3-5-15-9-12(2)10-16-6-4-14(8-11)17(13)18(15)16;1-11-3-5-13-8-10-16-12(2)4-6-14-7-9-15(11)17(13)18(14)16;1-11-6-5-9-15-12(2)14-8-4-3-7-13(14)10-16(11)15;9*1-2/h3-12H,1-2H3;3*3-10H,1-2H3;3-10H,1-2H3;9*1-2H3. The minimum Gasteiger partial charge on any atom is -0.0683 e. The normalized spacial score (nSPS) is 10.2. The molecule has 0 atom stereocenters. The fourth-order valence-electron chi connectivity index (χ4n) is 15.2. The molecule has 0 heteroatoms. The van der Waals surface area contributed by atoms with Crippen molar-refractivity contribution in [3.63, 3.8) is 0 Å². The molecule has 0 aliphatic carbocycles. The molecule has 0 bridgehead atoms. The Morgan fingerprint density at radius 3 is 0.778 bits per heavy atom. The molecule has 0 unspecified atom stereocenters. The third-order valence-electron chi connectivity index (χ3n) is 19.6. The molecule has 19 aromatic carbocycles. The summed E-state index contributed by atoms with van der Waals surface area (Å²) in [6, 6.07) is 93.4. The first-order chi connectivity index (χ1) is 52.8. The summed E-state index contributed by atoms with van der Waals surface area (Å²) in [6.45, 7) is 57.9. The molecule has 0 nitrogen and oxygen atoms in total. The Morgan fingerprint density at radius 2 is 0.389 bits per heavy atom. The zero-order valence-corrected chi connectivity index (χ0v) is 71.2. The zero-order valence-electron chi connectivity index (χ0n) is 71.2. The molecule has 0 aromatic heterocycles. The molecular weight excluding hydrogens is 1300 g/mol. The van der Waals surface area contributed by atoms with Gasteiger partial charge in [-0.3, -0.25) is 0 Å². The molecule has 0 radical (unpaired) electrons. The SMILES string of the molecule is CC.CC.CC.CC.CC.CC.CC.CC.CC.Cc1cc2c3ccccc3c(C)cc2c2ccccc12.Cc1cc2ccc3cc(C)cc4ccc(c1)c2c34.Cc1cc2cccc3c(C)cc4cccc1c4c23.Cc1ccc2ccc3c(C)ccc4ccc1c2c43.Cc1cccc2c(C)c3ccccc3cc12. The Hall–Kier alpha value is -10.4. The molecule has 558 valence electrons. The Balaban J connectivity index is 0.000000200. The Bertz CT molecular complexity index is 5630. The molecule has 0 amide bonds. The van der Waals surface area contributed by atoms with E-state index in [9.17, 15) is 0 Å². The maximum absolute atomic E-state index is 2.33. The van der Waals surface area contributed by atoms with Crippen molar-refractivity contribution in [1.82, 2.24) is 0 Å². The molecule has 0 saturated heterocycles. The molecule has 0 spiro atoms. The minimum absolute atomic E-state index is 1.33. The number of hydrogen-bond donors (Lipinski definition) is 0. The second-order valence-electron chi connectivity index (χ2n) is 25.7. The Kier molecular flexibility index (Phi) is 33.4. The number of rotatable bonds is 0. The van der Waals surface area contributed by atoms with Gasteiger partial charge in [-0.25, -0.2) is 0 Å². The van der Waals surface area contributed by atoms with Crippen molar-refractivity contribution in [2.45, 2.75) is 194 Å². The van der Waals surface area contributed by atoms with Crippen molar-refractivity contribution >= 4 is 151 Å². The molecule has 0 N–H and O–H groups in total. The summed E-state index contributed by atoms with van der Waals surface area (Å²) in [4.78, 5) is 0. The lowest BCUT2D eigenvalue weighted by molar-refractivity contribution is 1.50. The lowest BCUT2D eigenvalue weighted by atomic mass is 9.90. The summed E-state index contributed by atoms with van der Waals surface area (Å²) in [6.07, 6.45) is 0. The predicted molar refractivity (Wildman–Crippen MR) is 500 cm³/mol. The maximum Gasteiger partial charge on any atom is -0.00239 e. The number of hydrogen-bond acceptors (Lipinski definition) is 0. The molecule has 0 aliphatic rings. The third-order valence-corrected chi connectivity index (χ3v) is 19.6. The van der Waals surface area contributed by atoms with Crippen LogP contribution in [0.15, 0.2) is 255 Å². The van der Waals surface area contributed by atoms with Crippen LogP contribution in [0.5, 0.6) is 0 Å². The van der Waals surface area contributed by atoms with E-state index in [1.165, 1.54) is 206 Å². The Labute approximate surface area is 650 Å². The average molecular weight is 1420 g/mol. The Morgan fingerprint density at radius 1 is 0.130 bits per heavy atom. The average Bonchev–Trinajstić information content (AvgIpc) is 0.741. The van der Waals surface area contributed by atoms with Crippen LogP contribution in [0, 0.1) is 69.2 Å². The van der Waals surface area contributed by atoms with Gasteiger partial charge in [0.25, 0.3) is 0 Å². The molecule has 0 aliphatic heterocycles. The summed E-state index contributed by atoms with van der Waals surface area (Å²) in [5.41, 5.74) is 13.5. The van der Waals surface area contributed by atoms with E-state index in [0.717, 1.165) is 0 Å². The second-order valence-corrected chi connectivity index (χ2v) is 25.7. The van der Waals surface area contributed by atoms with E-state index in [0.29, 0.717) is 0 Å². The van der Waals surface area contributed by atoms with Crippen LogP contribution in [0.4, 0.5) is 0 Å². The highest BCUT2D eigenvalue weighted by atomic mass is 14.2. The van der Waals surface area contributed by atoms with Gasteiger partial charge >= 0.3 is 0 Å². The molecule has 108 heavy (non-hydrogen) atoms. The van der Waals surface area contributed by atoms with Gasteiger partial charge in [-0.2, -0.15) is 0 Å². The van der Waals surface area contributed by atoms with E-state index in [2.05, 4.69) is 324 Å². The van der Waals surface area contributed by atoms with Gasteiger partial charge in [-0.15, -0.1) is 0 Å². The fourth-order valence-corrected chi connectivity index (χ4v) is 15.2. The first-order valence-electron chi connectivity index (χ1n) is 40.9. The van der Waals surface area contributed by atoms with E-state index >= 15 is 0 Å². The zero-order chi connectivity index (χ0) is 79.6. The first kappa shape index (κ1) is 86.5. The third kappa shape index (κ3) is 17.9. The van der Waals surface area contributed by atoms with Crippen LogP contribution < -0.4 is 0 Å². The van der Waals surface area contributed by atoms with Crippen LogP contribution in [0.1, 0.15) is 180 Å². The van der Waals surface area contributed by atoms with Crippen molar-refractivity contribution in [1.29, 1.82) is 0 Å². The van der Waals surface area contributed by atoms with Gasteiger partial charge < -0.3 is 0 Å². The van der Waals surface area contributed by atoms with E-state index in [1.807, 2.05) is 125 Å². The van der Waals surface area contributed by atoms with Gasteiger partial charge in [0, 0.05) is 0 Å². The molecule has 0 fully saturated rings. The monoisotopic (exact) mass is 1420 g/mol. The van der Waals surface area contributed by atoms with Crippen molar-refractivity contribution in [3.8, 4) is 0 Å². The molecule has 19 aromatic rings. The highest BCUT2D eigenvalue weighted by molar-refractivity contribution is 6.27. The smallest absolute Gasteiger partial charge is 0.00239 e. The van der Waals surface area contributed by atoms with Crippen molar-refractivity contribution in [3.05, 3.63) is 310 Å². The summed E-state index contributed by atoms with van der Waals surface area (Å²) < 4.78 is 0. The summed E-state index contributed by atoms with van der Waals surface area (Å²) in [5.74, 6) is 0. The van der Waals surface area contributed by atoms with Gasteiger partial charge in [-0.1, -0.05) is 373 Å². The fraction of sp³-hybridized carbons (Fsp3) is 0.259. The molecule has 0 heterocycles. The van der Waals surface area contributed by atoms with E-state index in [-0.39, 0.29) is 0 Å². The van der Waals surface area contributed by atoms with Crippen LogP contribution in [0.25, 0.3) is 151 Å². The maximum atomic E-state index is 2.33. The van der Waals surface area contributed by atoms with Crippen molar-refractivity contribution < 1.29 is 0 Å². The van der Waals surface area contributed by atoms with E-state index in [1.54, 1.807) is 0 Å². The molecular formula is C108H126. The van der Waals surface area contributed by atoms with Crippen LogP contribution in [-0.2, 0) is 0 Å². The number of fused-ring (bicyclic) bond motifs is 7. The quantitative estimate of drug-likeness (QED) is 0.105. The van der Waals surface area contributed by atoms with E-state index in [4.69, 9.17) is 0 Å². The van der Waals surface area contributed by atoms with E-state index < -0.39 is 0 Å². The predicted octanol–water partition coefficient (Wildman–Crippen LogP) is 35.2. The van der Waals surface area contributed by atoms with Gasteiger partial charge in [-0.05, 0) is 282 Å². The van der Waals surface area contributed by atoms with Crippen molar-refractivity contribution in [2.24, 2.45) is 0 Å². The topological polar surface area (TPSA) is 0 Å². The summed E-state index contributed by atoms with van der Waals surface area (Å²) in [5, 5.41) is 38.5. The first-order valence-corrected chi connectivity index (χ1v) is 40.9. The van der Waals surface area contributed by atoms with Crippen LogP contribution in [-0.4, -0.2) is 0 Å². The highest BCUT2D eigenvalue weighted by Crippen LogP contribution is 2.41. The lowest BCUT2D eigenvalue weighted by Crippen LogP contribution is -1.88. The largest absolute Gasteiger partial charge is 0.0683 e. The highest BCUT2D eigenvalue weighted by Gasteiger charge is 2.15. The lowest BCUT2D eigenvalue weighted by Gasteiger charge is -2.14. The van der Waals surface area contributed by atoms with Gasteiger partial charge in [0.05, 0.1) is 0 Å². The van der Waals surface area contributed by atoms with Crippen LogP contribution in [0.2, 0.25) is 0 Å². The van der Waals surface area contributed by atoms with Gasteiger partial charge in [0.15, 0.2) is 0 Å². The van der Waals surface area contributed by atoms with Crippen molar-refractivity contribution in [2.75, 3.05) is 0 Å². The minimum atomic E-state index is 1.33. The summed E-state index contributed by atoms with van der Waals surface area (Å²) in [7, 11) is 0. The van der Waals surface area contributed by atoms with Crippen LogP contribution >= 0.6 is 0 Å². The van der Waals surface area contributed by atoms with Gasteiger partial charge in [0.1, 0.15) is 0 Å². The number of aryl methyl sites for hydroxylation is 10. The van der Waals surface area contributed by atoms with Crippen LogP contribution in [0.3, 0.4) is 0 Å². The second kappa shape index (κ2) is 41.6.